The molecular formula is C13H15BrN2S. The van der Waals surface area contributed by atoms with E-state index in [2.05, 4.69) is 51.4 Å². The lowest BCUT2D eigenvalue weighted by atomic mass is 10.1. The minimum atomic E-state index is 0.327. The summed E-state index contributed by atoms with van der Waals surface area (Å²) < 4.78 is 1.15. The van der Waals surface area contributed by atoms with Gasteiger partial charge in [0.1, 0.15) is 0 Å². The Morgan fingerprint density at radius 1 is 1.41 bits per heavy atom. The Bertz CT molecular complexity index is 496. The van der Waals surface area contributed by atoms with Crippen molar-refractivity contribution in [1.29, 1.82) is 0 Å². The highest BCUT2D eigenvalue weighted by molar-refractivity contribution is 9.10. The molecule has 0 aliphatic rings. The van der Waals surface area contributed by atoms with Gasteiger partial charge in [-0.15, -0.1) is 11.3 Å². The van der Waals surface area contributed by atoms with E-state index in [-0.39, 0.29) is 0 Å². The van der Waals surface area contributed by atoms with Crippen molar-refractivity contribution in [3.8, 4) is 0 Å². The Hall–Kier alpha value is -0.710. The minimum Gasteiger partial charge on any atom is -0.305 e. The lowest BCUT2D eigenvalue weighted by Crippen LogP contribution is -2.17. The number of benzene rings is 1. The second-order valence-electron chi connectivity index (χ2n) is 3.97. The van der Waals surface area contributed by atoms with Gasteiger partial charge in [0.25, 0.3) is 0 Å². The normalized spacial score (nSPS) is 12.6. The molecule has 17 heavy (non-hydrogen) atoms. The van der Waals surface area contributed by atoms with Crippen LogP contribution in [0, 0.1) is 6.92 Å². The van der Waals surface area contributed by atoms with E-state index >= 15 is 0 Å². The van der Waals surface area contributed by atoms with Crippen LogP contribution in [0.25, 0.3) is 0 Å². The van der Waals surface area contributed by atoms with E-state index in [1.807, 2.05) is 19.2 Å². The van der Waals surface area contributed by atoms with E-state index in [1.54, 1.807) is 11.3 Å². The van der Waals surface area contributed by atoms with E-state index in [1.165, 1.54) is 10.4 Å². The summed E-state index contributed by atoms with van der Waals surface area (Å²) in [6.07, 6.45) is 1.94. The van der Waals surface area contributed by atoms with Gasteiger partial charge in [0.2, 0.25) is 0 Å². The predicted molar refractivity (Wildman–Crippen MR) is 76.2 cm³/mol. The molecule has 2 aromatic rings. The van der Waals surface area contributed by atoms with Gasteiger partial charge in [-0.3, -0.25) is 0 Å². The number of hydrogen-bond acceptors (Lipinski definition) is 3. The van der Waals surface area contributed by atoms with Crippen LogP contribution < -0.4 is 5.32 Å². The van der Waals surface area contributed by atoms with Gasteiger partial charge in [0.05, 0.1) is 5.01 Å². The summed E-state index contributed by atoms with van der Waals surface area (Å²) in [6, 6.07) is 8.64. The zero-order valence-corrected chi connectivity index (χ0v) is 12.3. The largest absolute Gasteiger partial charge is 0.305 e. The Kier molecular flexibility index (Phi) is 4.31. The molecule has 0 fully saturated rings. The van der Waals surface area contributed by atoms with Gasteiger partial charge >= 0.3 is 0 Å². The van der Waals surface area contributed by atoms with Gasteiger partial charge in [-0.05, 0) is 25.5 Å². The predicted octanol–water partition coefficient (Wildman–Crippen LogP) is 4.06. The third-order valence-electron chi connectivity index (χ3n) is 2.62. The van der Waals surface area contributed by atoms with Crippen LogP contribution in [0.4, 0.5) is 0 Å². The smallest absolute Gasteiger partial charge is 0.0897 e. The van der Waals surface area contributed by atoms with E-state index < -0.39 is 0 Å². The zero-order valence-electron chi connectivity index (χ0n) is 9.90. The maximum atomic E-state index is 4.25. The van der Waals surface area contributed by atoms with Crippen LogP contribution in [-0.2, 0) is 6.54 Å². The van der Waals surface area contributed by atoms with Crippen LogP contribution in [0.1, 0.15) is 28.4 Å². The molecular weight excluding hydrogens is 296 g/mol. The van der Waals surface area contributed by atoms with Gasteiger partial charge in [0.15, 0.2) is 0 Å². The van der Waals surface area contributed by atoms with Gasteiger partial charge in [-0.2, -0.15) is 0 Å². The van der Waals surface area contributed by atoms with E-state index in [9.17, 15) is 0 Å². The molecule has 1 atom stereocenters. The van der Waals surface area contributed by atoms with Crippen molar-refractivity contribution >= 4 is 27.3 Å². The average molecular weight is 311 g/mol. The summed E-state index contributed by atoms with van der Waals surface area (Å²) in [4.78, 5) is 5.53. The first-order valence-corrected chi connectivity index (χ1v) is 7.17. The first kappa shape index (κ1) is 12.7. The molecule has 4 heteroatoms. The summed E-state index contributed by atoms with van der Waals surface area (Å²) >= 11 is 5.32. The monoisotopic (exact) mass is 310 g/mol. The lowest BCUT2D eigenvalue weighted by Gasteiger charge is -2.14. The van der Waals surface area contributed by atoms with Crippen molar-refractivity contribution < 1.29 is 0 Å². The van der Waals surface area contributed by atoms with Crippen molar-refractivity contribution in [2.75, 3.05) is 0 Å². The second-order valence-corrected chi connectivity index (χ2v) is 6.14. The fourth-order valence-corrected chi connectivity index (χ4v) is 3.05. The average Bonchev–Trinajstić information content (AvgIpc) is 2.73. The molecule has 90 valence electrons. The Labute approximate surface area is 114 Å². The third kappa shape index (κ3) is 3.37. The second kappa shape index (κ2) is 5.76. The van der Waals surface area contributed by atoms with Gasteiger partial charge in [-0.25, -0.2) is 4.98 Å². The van der Waals surface area contributed by atoms with Crippen molar-refractivity contribution in [3.05, 3.63) is 50.4 Å². The number of aryl methyl sites for hydroxylation is 1. The molecule has 0 unspecified atom stereocenters. The summed E-state index contributed by atoms with van der Waals surface area (Å²) in [5, 5.41) is 4.63. The van der Waals surface area contributed by atoms with Crippen LogP contribution in [0.5, 0.6) is 0 Å². The third-order valence-corrected chi connectivity index (χ3v) is 4.26. The topological polar surface area (TPSA) is 24.9 Å². The molecule has 0 aliphatic heterocycles. The van der Waals surface area contributed by atoms with Crippen LogP contribution >= 0.6 is 27.3 Å². The fraction of sp³-hybridized carbons (Fsp3) is 0.308. The Balaban J connectivity index is 1.98. The summed E-state index contributed by atoms with van der Waals surface area (Å²) in [5.74, 6) is 0. The van der Waals surface area contributed by atoms with Crippen LogP contribution in [0.2, 0.25) is 0 Å². The van der Waals surface area contributed by atoms with Gasteiger partial charge in [0, 0.05) is 28.1 Å². The molecule has 0 aliphatic carbocycles. The summed E-state index contributed by atoms with van der Waals surface area (Å²) in [6.45, 7) is 5.08. The highest BCUT2D eigenvalue weighted by atomic mass is 79.9. The molecule has 0 radical (unpaired) electrons. The Morgan fingerprint density at radius 2 is 2.18 bits per heavy atom. The zero-order chi connectivity index (χ0) is 12.3. The standard InChI is InChI=1S/C13H15BrN2S/c1-9(12-5-3-4-6-13(12)14)15-7-11-8-16-10(2)17-11/h3-6,8-9,15H,7H2,1-2H3/t9-/m0/s1. The molecule has 1 aromatic heterocycles. The lowest BCUT2D eigenvalue weighted by molar-refractivity contribution is 0.576. The first-order chi connectivity index (χ1) is 8.16. The number of thiazole rings is 1. The van der Waals surface area contributed by atoms with E-state index in [0.717, 1.165) is 16.0 Å². The van der Waals surface area contributed by atoms with E-state index in [4.69, 9.17) is 0 Å². The molecule has 0 amide bonds. The van der Waals surface area contributed by atoms with Crippen LogP contribution in [0.15, 0.2) is 34.9 Å². The van der Waals surface area contributed by atoms with Crippen LogP contribution in [-0.4, -0.2) is 4.98 Å². The number of nitrogens with zero attached hydrogens (tertiary/aromatic N) is 1. The van der Waals surface area contributed by atoms with Gasteiger partial charge < -0.3 is 5.32 Å². The quantitative estimate of drug-likeness (QED) is 0.921. The van der Waals surface area contributed by atoms with Crippen molar-refractivity contribution in [3.63, 3.8) is 0 Å². The molecule has 0 bridgehead atoms. The first-order valence-electron chi connectivity index (χ1n) is 5.56. The van der Waals surface area contributed by atoms with Gasteiger partial charge in [-0.1, -0.05) is 34.1 Å². The molecule has 2 nitrogen and oxygen atoms in total. The molecule has 0 saturated heterocycles. The summed E-state index contributed by atoms with van der Waals surface area (Å²) in [7, 11) is 0. The van der Waals surface area contributed by atoms with Crippen molar-refractivity contribution in [1.82, 2.24) is 10.3 Å². The highest BCUT2D eigenvalue weighted by Crippen LogP contribution is 2.23. The number of hydrogen-bond donors (Lipinski definition) is 1. The number of aromatic nitrogens is 1. The number of nitrogens with one attached hydrogen (secondary N) is 1. The molecule has 0 saturated carbocycles. The molecule has 1 aromatic carbocycles. The molecule has 2 rings (SSSR count). The maximum absolute atomic E-state index is 4.25. The molecule has 1 heterocycles. The van der Waals surface area contributed by atoms with Crippen LogP contribution in [0.3, 0.4) is 0 Å². The van der Waals surface area contributed by atoms with Crippen molar-refractivity contribution in [2.45, 2.75) is 26.4 Å². The fourth-order valence-electron chi connectivity index (χ4n) is 1.68. The minimum absolute atomic E-state index is 0.327. The maximum Gasteiger partial charge on any atom is 0.0897 e. The van der Waals surface area contributed by atoms with E-state index in [0.29, 0.717) is 6.04 Å². The molecule has 0 spiro atoms. The Morgan fingerprint density at radius 3 is 2.82 bits per heavy atom. The highest BCUT2D eigenvalue weighted by Gasteiger charge is 2.08. The summed E-state index contributed by atoms with van der Waals surface area (Å²) in [5.41, 5.74) is 1.29. The molecule has 1 N–H and O–H groups in total. The SMILES string of the molecule is Cc1ncc(CN[C@@H](C)c2ccccc2Br)s1. The number of rotatable bonds is 4. The van der Waals surface area contributed by atoms with Crippen molar-refractivity contribution in [2.24, 2.45) is 0 Å². The number of halogens is 1.